The van der Waals surface area contributed by atoms with Gasteiger partial charge in [0.1, 0.15) is 12.4 Å². The highest BCUT2D eigenvalue weighted by molar-refractivity contribution is 5.82. The molecule has 1 N–H and O–H groups in total. The fourth-order valence-corrected chi connectivity index (χ4v) is 3.02. The number of aliphatic imine (C=N–C) groups is 1. The van der Waals surface area contributed by atoms with Gasteiger partial charge in [0.2, 0.25) is 0 Å². The monoisotopic (exact) mass is 369 g/mol. The number of likely N-dealkylation sites (tertiary alicyclic amines) is 1. The Morgan fingerprint density at radius 2 is 2.19 bits per heavy atom. The van der Waals surface area contributed by atoms with Crippen LogP contribution in [0.15, 0.2) is 29.3 Å². The van der Waals surface area contributed by atoms with Crippen molar-refractivity contribution in [3.05, 3.63) is 29.8 Å². The highest BCUT2D eigenvalue weighted by Crippen LogP contribution is 2.24. The largest absolute Gasteiger partial charge is 0.488 e. The Morgan fingerprint density at radius 1 is 1.42 bits per heavy atom. The minimum absolute atomic E-state index is 0.173. The molecule has 2 atom stereocenters. The summed E-state index contributed by atoms with van der Waals surface area (Å²) < 4.78 is 34.4. The van der Waals surface area contributed by atoms with Crippen molar-refractivity contribution in [3.63, 3.8) is 0 Å². The lowest BCUT2D eigenvalue weighted by Crippen LogP contribution is -2.40. The van der Waals surface area contributed by atoms with Crippen molar-refractivity contribution in [2.75, 3.05) is 33.9 Å². The van der Waals surface area contributed by atoms with Gasteiger partial charge in [0.15, 0.2) is 5.96 Å². The van der Waals surface area contributed by atoms with Crippen LogP contribution >= 0.6 is 0 Å². The Balaban J connectivity index is 1.93. The summed E-state index contributed by atoms with van der Waals surface area (Å²) in [6, 6.07) is 6.99. The first kappa shape index (κ1) is 19.9. The first-order valence-electron chi connectivity index (χ1n) is 8.48. The highest BCUT2D eigenvalue weighted by Gasteiger charge is 2.36. The Morgan fingerprint density at radius 3 is 2.85 bits per heavy atom. The number of hydrogen-bond acceptors (Lipinski definition) is 4. The molecule has 26 heavy (non-hydrogen) atoms. The van der Waals surface area contributed by atoms with E-state index in [4.69, 9.17) is 9.47 Å². The minimum Gasteiger partial charge on any atom is -0.488 e. The average Bonchev–Trinajstić information content (AvgIpc) is 3.02. The smallest absolute Gasteiger partial charge is 0.310 e. The third-order valence-corrected chi connectivity index (χ3v) is 4.35. The number of esters is 1. The summed E-state index contributed by atoms with van der Waals surface area (Å²) in [6.07, 6.45) is -2.50. The molecule has 0 amide bonds. The molecule has 1 aromatic rings. The number of hydrogen-bond donors (Lipinski definition) is 1. The van der Waals surface area contributed by atoms with Gasteiger partial charge in [0, 0.05) is 26.7 Å². The minimum atomic E-state index is -2.50. The van der Waals surface area contributed by atoms with Crippen LogP contribution in [-0.4, -0.2) is 57.1 Å². The number of methoxy groups -OCH3 is 1. The van der Waals surface area contributed by atoms with E-state index in [0.29, 0.717) is 31.3 Å². The summed E-state index contributed by atoms with van der Waals surface area (Å²) >= 11 is 0. The fourth-order valence-electron chi connectivity index (χ4n) is 3.02. The van der Waals surface area contributed by atoms with Crippen LogP contribution in [0, 0.1) is 11.8 Å². The van der Waals surface area contributed by atoms with Crippen molar-refractivity contribution in [1.29, 1.82) is 0 Å². The zero-order valence-corrected chi connectivity index (χ0v) is 15.2. The zero-order valence-electron chi connectivity index (χ0n) is 15.2. The lowest BCUT2D eigenvalue weighted by molar-refractivity contribution is -0.145. The molecule has 0 aromatic heterocycles. The van der Waals surface area contributed by atoms with E-state index in [0.717, 1.165) is 5.56 Å². The van der Waals surface area contributed by atoms with E-state index in [1.165, 1.54) is 7.11 Å². The molecule has 8 heteroatoms. The summed E-state index contributed by atoms with van der Waals surface area (Å²) in [5.74, 6) is 0.873. The number of alkyl halides is 2. The van der Waals surface area contributed by atoms with Gasteiger partial charge in [0.05, 0.1) is 13.0 Å². The fraction of sp³-hybridized carbons (Fsp3) is 0.556. The molecular weight excluding hydrogens is 344 g/mol. The number of benzene rings is 1. The van der Waals surface area contributed by atoms with E-state index >= 15 is 0 Å². The molecule has 1 heterocycles. The first-order valence-corrected chi connectivity index (χ1v) is 8.48. The Labute approximate surface area is 152 Å². The van der Waals surface area contributed by atoms with Crippen LogP contribution in [0.25, 0.3) is 0 Å². The van der Waals surface area contributed by atoms with Crippen molar-refractivity contribution < 1.29 is 23.0 Å². The molecular formula is C18H25F2N3O3. The molecule has 0 saturated carbocycles. The molecule has 2 rings (SSSR count). The molecule has 0 bridgehead atoms. The molecule has 144 valence electrons. The number of rotatable bonds is 6. The zero-order chi connectivity index (χ0) is 19.1. The molecule has 0 radical (unpaired) electrons. The molecule has 0 spiro atoms. The molecule has 1 fully saturated rings. The number of nitrogens with zero attached hydrogens (tertiary/aromatic N) is 2. The summed E-state index contributed by atoms with van der Waals surface area (Å²) in [6.45, 7) is 3.10. The van der Waals surface area contributed by atoms with Crippen molar-refractivity contribution in [2.24, 2.45) is 16.8 Å². The third-order valence-electron chi connectivity index (χ3n) is 4.35. The van der Waals surface area contributed by atoms with Crippen LogP contribution < -0.4 is 10.1 Å². The second kappa shape index (κ2) is 9.35. The van der Waals surface area contributed by atoms with E-state index < -0.39 is 13.0 Å². The number of carbonyl (C=O) groups is 1. The van der Waals surface area contributed by atoms with Gasteiger partial charge >= 0.3 is 5.97 Å². The van der Waals surface area contributed by atoms with Crippen LogP contribution in [0.3, 0.4) is 0 Å². The van der Waals surface area contributed by atoms with E-state index in [1.807, 2.05) is 17.9 Å². The number of halogens is 2. The van der Waals surface area contributed by atoms with Crippen LogP contribution in [0.1, 0.15) is 12.5 Å². The van der Waals surface area contributed by atoms with Crippen LogP contribution in [0.4, 0.5) is 8.78 Å². The van der Waals surface area contributed by atoms with Gasteiger partial charge in [-0.15, -0.1) is 0 Å². The summed E-state index contributed by atoms with van der Waals surface area (Å²) in [5.41, 5.74) is 0.884. The quantitative estimate of drug-likeness (QED) is 0.473. The Bertz CT molecular complexity index is 640. The summed E-state index contributed by atoms with van der Waals surface area (Å²) in [5, 5.41) is 3.24. The lowest BCUT2D eigenvalue weighted by Gasteiger charge is -2.21. The van der Waals surface area contributed by atoms with Gasteiger partial charge in [-0.3, -0.25) is 9.79 Å². The van der Waals surface area contributed by atoms with Gasteiger partial charge < -0.3 is 19.7 Å². The molecule has 1 aromatic carbocycles. The maximum Gasteiger partial charge on any atom is 0.310 e. The molecule has 1 aliphatic heterocycles. The van der Waals surface area contributed by atoms with Crippen LogP contribution in [-0.2, 0) is 16.1 Å². The normalized spacial score (nSPS) is 20.4. The molecule has 6 nitrogen and oxygen atoms in total. The Hall–Kier alpha value is -2.38. The summed E-state index contributed by atoms with van der Waals surface area (Å²) in [4.78, 5) is 18.1. The lowest BCUT2D eigenvalue weighted by atomic mass is 9.99. The topological polar surface area (TPSA) is 63.2 Å². The SMILES string of the molecule is CN=C(NCc1cccc(OCC(F)F)c1)N1CC(C)C(C(=O)OC)C1. The van der Waals surface area contributed by atoms with E-state index in [9.17, 15) is 13.6 Å². The van der Waals surface area contributed by atoms with E-state index in [1.54, 1.807) is 25.2 Å². The Kier molecular flexibility index (Phi) is 7.17. The van der Waals surface area contributed by atoms with Crippen molar-refractivity contribution >= 4 is 11.9 Å². The van der Waals surface area contributed by atoms with Gasteiger partial charge in [-0.2, -0.15) is 0 Å². The maximum absolute atomic E-state index is 12.2. The first-order chi connectivity index (χ1) is 12.4. The van der Waals surface area contributed by atoms with Crippen molar-refractivity contribution in [1.82, 2.24) is 10.2 Å². The van der Waals surface area contributed by atoms with Gasteiger partial charge in [-0.1, -0.05) is 19.1 Å². The molecule has 0 aliphatic carbocycles. The predicted molar refractivity (Wildman–Crippen MR) is 94.4 cm³/mol. The average molecular weight is 369 g/mol. The van der Waals surface area contributed by atoms with Crippen LogP contribution in [0.5, 0.6) is 5.75 Å². The van der Waals surface area contributed by atoms with E-state index in [-0.39, 0.29) is 17.8 Å². The number of nitrogens with one attached hydrogen (secondary N) is 1. The van der Waals surface area contributed by atoms with Crippen molar-refractivity contribution in [2.45, 2.75) is 19.9 Å². The second-order valence-electron chi connectivity index (χ2n) is 6.26. The number of ether oxygens (including phenoxy) is 2. The van der Waals surface area contributed by atoms with Gasteiger partial charge in [-0.05, 0) is 23.6 Å². The summed E-state index contributed by atoms with van der Waals surface area (Å²) in [7, 11) is 3.08. The highest BCUT2D eigenvalue weighted by atomic mass is 19.3. The maximum atomic E-state index is 12.2. The molecule has 1 saturated heterocycles. The molecule has 1 aliphatic rings. The molecule has 2 unspecified atom stereocenters. The van der Waals surface area contributed by atoms with Gasteiger partial charge in [-0.25, -0.2) is 8.78 Å². The second-order valence-corrected chi connectivity index (χ2v) is 6.26. The number of guanidine groups is 1. The predicted octanol–water partition coefficient (Wildman–Crippen LogP) is 2.15. The standard InChI is InChI=1S/C18H25F2N3O3/c1-12-9-23(10-15(12)17(24)25-3)18(21-2)22-8-13-5-4-6-14(7-13)26-11-16(19)20/h4-7,12,15-16H,8-11H2,1-3H3,(H,21,22). The van der Waals surface area contributed by atoms with Crippen molar-refractivity contribution in [3.8, 4) is 5.75 Å². The van der Waals surface area contributed by atoms with Crippen LogP contribution in [0.2, 0.25) is 0 Å². The third kappa shape index (κ3) is 5.31. The van der Waals surface area contributed by atoms with E-state index in [2.05, 4.69) is 10.3 Å². The van der Waals surface area contributed by atoms with Gasteiger partial charge in [0.25, 0.3) is 6.43 Å². The number of carbonyl (C=O) groups excluding carboxylic acids is 1.